The average molecular weight is 922 g/mol. The normalized spacial score (nSPS) is 21.4. The van der Waals surface area contributed by atoms with Crippen molar-refractivity contribution in [3.05, 3.63) is 154 Å². The quantitative estimate of drug-likeness (QED) is 0.0765. The highest BCUT2D eigenvalue weighted by molar-refractivity contribution is 6.34. The molecule has 0 unspecified atom stereocenters. The summed E-state index contributed by atoms with van der Waals surface area (Å²) in [7, 11) is 9.10. The van der Waals surface area contributed by atoms with Gasteiger partial charge in [0.15, 0.2) is 11.5 Å². The Labute approximate surface area is 389 Å². The van der Waals surface area contributed by atoms with E-state index in [1.165, 1.54) is 45.1 Å². The first kappa shape index (κ1) is 45.8. The molecule has 340 valence electrons. The van der Waals surface area contributed by atoms with Crippen molar-refractivity contribution in [2.24, 2.45) is 17.8 Å². The molecule has 13 heteroatoms. The van der Waals surface area contributed by atoms with Gasteiger partial charge in [-0.05, 0) is 78.1 Å². The van der Waals surface area contributed by atoms with E-state index in [2.05, 4.69) is 16.0 Å². The van der Waals surface area contributed by atoms with E-state index in [9.17, 15) is 9.59 Å². The molecule has 0 spiro atoms. The van der Waals surface area contributed by atoms with Crippen molar-refractivity contribution < 1.29 is 42.7 Å². The van der Waals surface area contributed by atoms with Crippen molar-refractivity contribution in [2.45, 2.75) is 42.4 Å². The van der Waals surface area contributed by atoms with Crippen molar-refractivity contribution >= 4 is 46.0 Å². The predicted molar refractivity (Wildman–Crippen MR) is 251 cm³/mol. The van der Waals surface area contributed by atoms with Gasteiger partial charge < -0.3 is 38.1 Å². The zero-order valence-electron chi connectivity index (χ0n) is 37.3. The van der Waals surface area contributed by atoms with Gasteiger partial charge in [-0.3, -0.25) is 9.69 Å². The van der Waals surface area contributed by atoms with Crippen LogP contribution >= 0.6 is 23.2 Å². The van der Waals surface area contributed by atoms with Gasteiger partial charge in [-0.15, -0.1) is 11.6 Å². The van der Waals surface area contributed by atoms with E-state index in [1.807, 2.05) is 97.1 Å². The van der Waals surface area contributed by atoms with Gasteiger partial charge in [0, 0.05) is 53.4 Å². The predicted octanol–water partition coefficient (Wildman–Crippen LogP) is 10.0. The number of hydrogen-bond acceptors (Lipinski definition) is 10. The van der Waals surface area contributed by atoms with Crippen LogP contribution in [0.25, 0.3) is 10.9 Å². The minimum atomic E-state index is -0.791. The summed E-state index contributed by atoms with van der Waals surface area (Å²) in [5, 5.41) is 1.88. The highest BCUT2D eigenvalue weighted by atomic mass is 35.5. The molecule has 3 aliphatic rings. The topological polar surface area (TPSA) is 118 Å². The zero-order chi connectivity index (χ0) is 45.8. The maximum atomic E-state index is 13.5. The van der Waals surface area contributed by atoms with Crippen molar-refractivity contribution in [1.29, 1.82) is 0 Å². The molecule has 3 heterocycles. The Hall–Kier alpha value is -5.72. The Kier molecular flexibility index (Phi) is 14.0. The fourth-order valence-corrected chi connectivity index (χ4v) is 11.1. The third-order valence-corrected chi connectivity index (χ3v) is 14.3. The Morgan fingerprint density at radius 2 is 1.40 bits per heavy atom. The van der Waals surface area contributed by atoms with Gasteiger partial charge in [-0.2, -0.15) is 0 Å². The van der Waals surface area contributed by atoms with Crippen molar-refractivity contribution in [3.63, 3.8) is 0 Å². The second-order valence-electron chi connectivity index (χ2n) is 16.6. The van der Waals surface area contributed by atoms with Crippen LogP contribution in [0.1, 0.15) is 57.2 Å². The van der Waals surface area contributed by atoms with Gasteiger partial charge in [-0.25, -0.2) is 4.79 Å². The van der Waals surface area contributed by atoms with E-state index in [-0.39, 0.29) is 29.4 Å². The highest BCUT2D eigenvalue weighted by Crippen LogP contribution is 2.51. The molecule has 9 rings (SSSR count). The van der Waals surface area contributed by atoms with Crippen molar-refractivity contribution in [1.82, 2.24) is 9.88 Å². The first-order valence-corrected chi connectivity index (χ1v) is 22.4. The number of rotatable bonds is 11. The number of benzene rings is 5. The third-order valence-electron chi connectivity index (χ3n) is 13.3. The van der Waals surface area contributed by atoms with Crippen LogP contribution in [0.3, 0.4) is 0 Å². The summed E-state index contributed by atoms with van der Waals surface area (Å²) in [4.78, 5) is 32.4. The minimum Gasteiger partial charge on any atom is -0.497 e. The lowest BCUT2D eigenvalue weighted by Gasteiger charge is -2.52. The molecule has 2 aliphatic heterocycles. The van der Waals surface area contributed by atoms with Gasteiger partial charge in [0.1, 0.15) is 22.8 Å². The fourth-order valence-electron chi connectivity index (χ4n) is 10.3. The molecule has 0 radical (unpaired) electrons. The van der Waals surface area contributed by atoms with Gasteiger partial charge in [0.25, 0.3) is 0 Å². The van der Waals surface area contributed by atoms with Gasteiger partial charge in [0.05, 0.1) is 53.1 Å². The standard InChI is InChI=1S/C33H40N2O9.C19H14Cl2/c1-38-19-7-8-20-21-9-10-35-16-18-13-27(44-32(36)17-11-25(39-2)30(41-4)26(12-17)40-3)31(42-5)28(33(37)43-6)22(18)15-24(35)29(21)34-23(20)14-19;20-18-14-8-7-13-17(18)19(21,15-9-3-1-4-10-15)16-11-5-2-6-12-16/h7-8,11-12,14,18,22,24,27-28,31,34H,9-10,13,15-16H2,1-6H3;1-14H/t18-,22+,24-,27-,28+,31+;/m1./s1. The maximum Gasteiger partial charge on any atom is 0.338 e. The Morgan fingerprint density at radius 1 is 0.754 bits per heavy atom. The molecule has 5 aromatic carbocycles. The van der Waals surface area contributed by atoms with Crippen LogP contribution in [-0.2, 0) is 30.3 Å². The van der Waals surface area contributed by atoms with Crippen LogP contribution in [0.15, 0.2) is 115 Å². The lowest BCUT2D eigenvalue weighted by molar-refractivity contribution is -0.176. The second-order valence-corrected chi connectivity index (χ2v) is 17.5. The van der Waals surface area contributed by atoms with Crippen LogP contribution < -0.4 is 18.9 Å². The van der Waals surface area contributed by atoms with Gasteiger partial charge in [0.2, 0.25) is 5.75 Å². The van der Waals surface area contributed by atoms with E-state index in [0.717, 1.165) is 53.9 Å². The molecule has 1 aromatic heterocycles. The third kappa shape index (κ3) is 8.75. The molecule has 2 fully saturated rings. The van der Waals surface area contributed by atoms with E-state index in [0.29, 0.717) is 28.7 Å². The summed E-state index contributed by atoms with van der Waals surface area (Å²) in [5.41, 5.74) is 6.73. The number of H-pyrrole nitrogens is 1. The summed E-state index contributed by atoms with van der Waals surface area (Å²) in [6.45, 7) is 1.68. The first-order chi connectivity index (χ1) is 31.6. The maximum absolute atomic E-state index is 13.5. The number of nitrogens with one attached hydrogen (secondary N) is 1. The van der Waals surface area contributed by atoms with Crippen LogP contribution in [0, 0.1) is 17.8 Å². The Morgan fingerprint density at radius 3 is 1.98 bits per heavy atom. The Balaban J connectivity index is 0.000000228. The molecule has 11 nitrogen and oxygen atoms in total. The number of fused-ring (bicyclic) bond motifs is 6. The zero-order valence-corrected chi connectivity index (χ0v) is 38.9. The fraction of sp³-hybridized carbons (Fsp3) is 0.346. The Bertz CT molecular complexity index is 2560. The van der Waals surface area contributed by atoms with E-state index in [4.69, 9.17) is 56.4 Å². The summed E-state index contributed by atoms with van der Waals surface area (Å²) in [5.74, 6) is 0.441. The number of aromatic amines is 1. The highest BCUT2D eigenvalue weighted by Gasteiger charge is 2.54. The first-order valence-electron chi connectivity index (χ1n) is 21.7. The molecule has 1 N–H and O–H groups in total. The van der Waals surface area contributed by atoms with Crippen molar-refractivity contribution in [2.75, 3.05) is 55.7 Å². The number of halogens is 2. The number of carbonyl (C=O) groups excluding carboxylic acids is 2. The lowest BCUT2D eigenvalue weighted by atomic mass is 9.63. The van der Waals surface area contributed by atoms with Gasteiger partial charge >= 0.3 is 11.9 Å². The smallest absolute Gasteiger partial charge is 0.338 e. The van der Waals surface area contributed by atoms with E-state index < -0.39 is 29.0 Å². The van der Waals surface area contributed by atoms with Gasteiger partial charge in [-0.1, -0.05) is 90.5 Å². The number of aromatic nitrogens is 1. The molecular formula is C52H54Cl2N2O9. The number of ether oxygens (including phenoxy) is 7. The number of piperidine rings is 1. The van der Waals surface area contributed by atoms with Crippen LogP contribution in [-0.4, -0.2) is 89.8 Å². The molecule has 1 saturated carbocycles. The molecule has 65 heavy (non-hydrogen) atoms. The van der Waals surface area contributed by atoms with Crippen LogP contribution in [0.4, 0.5) is 0 Å². The molecule has 6 atom stereocenters. The van der Waals surface area contributed by atoms with E-state index in [1.54, 1.807) is 26.4 Å². The SMILES string of the molecule is COC(=O)[C@H]1[C@H]2C[C@@H]3c4[nH]c5cc(OC)ccc5c4CCN3C[C@H]2C[C@@H](OC(=O)c2cc(OC)c(OC)c(OC)c2)[C@@H]1OC.Clc1ccccc1C(Cl)(c1ccccc1)c1ccccc1. The van der Waals surface area contributed by atoms with E-state index >= 15 is 0 Å². The largest absolute Gasteiger partial charge is 0.497 e. The van der Waals surface area contributed by atoms with Crippen LogP contribution in [0.5, 0.6) is 23.0 Å². The number of alkyl halides is 1. The second kappa shape index (κ2) is 19.8. The summed E-state index contributed by atoms with van der Waals surface area (Å²) in [6, 6.07) is 37.2. The average Bonchev–Trinajstić information content (AvgIpc) is 3.73. The summed E-state index contributed by atoms with van der Waals surface area (Å²) >= 11 is 13.6. The molecule has 1 aliphatic carbocycles. The van der Waals surface area contributed by atoms with Crippen LogP contribution in [0.2, 0.25) is 5.02 Å². The summed E-state index contributed by atoms with van der Waals surface area (Å²) < 4.78 is 39.1. The van der Waals surface area contributed by atoms with Crippen molar-refractivity contribution in [3.8, 4) is 23.0 Å². The molecular weight excluding hydrogens is 867 g/mol. The molecule has 0 bridgehead atoms. The number of carbonyl (C=O) groups is 2. The monoisotopic (exact) mass is 920 g/mol. The summed E-state index contributed by atoms with van der Waals surface area (Å²) in [6.07, 6.45) is 0.920. The number of methoxy groups -OCH3 is 6. The lowest BCUT2D eigenvalue weighted by Crippen LogP contribution is -2.58. The number of esters is 2. The minimum absolute atomic E-state index is 0.0170. The number of nitrogens with zero attached hydrogens (tertiary/aromatic N) is 1. The molecule has 0 amide bonds. The number of hydrogen-bond donors (Lipinski definition) is 1. The molecule has 1 saturated heterocycles. The molecule has 6 aromatic rings.